The molecule has 0 radical (unpaired) electrons. The Labute approximate surface area is 262 Å². The first-order valence-electron chi connectivity index (χ1n) is 9.41. The molecule has 2 rings (SSSR count). The van der Waals surface area contributed by atoms with Crippen LogP contribution in [0.2, 0.25) is 0 Å². The predicted octanol–water partition coefficient (Wildman–Crippen LogP) is -1.06. The van der Waals surface area contributed by atoms with Crippen molar-refractivity contribution in [1.29, 1.82) is 0 Å². The Kier molecular flexibility index (Phi) is 52.0. The number of Topliss-reactive ketones (excluding diaryl/α,β-unsaturated/α-hetero) is 2. The molecule has 0 bridgehead atoms. The second kappa shape index (κ2) is 33.4. The summed E-state index contributed by atoms with van der Waals surface area (Å²) in [5.74, 6) is 0.463. The quantitative estimate of drug-likeness (QED) is 0.402. The number of nitrogens with zero attached hydrogens (tertiary/aromatic N) is 2. The maximum absolute atomic E-state index is 10.8. The van der Waals surface area contributed by atoms with Crippen LogP contribution in [-0.4, -0.2) is 48.6 Å². The molecule has 2 heterocycles. The van der Waals surface area contributed by atoms with Crippen LogP contribution in [0.3, 0.4) is 0 Å². The fourth-order valence-corrected chi connectivity index (χ4v) is 2.51. The smallest absolute Gasteiger partial charge is 0.521 e. The van der Waals surface area contributed by atoms with Crippen LogP contribution in [-0.2, 0) is 9.59 Å². The van der Waals surface area contributed by atoms with Gasteiger partial charge in [0.15, 0.2) is 0 Å². The Balaban J connectivity index is -0.0000000606. The number of carbonyl (C=O) groups is 2. The zero-order valence-corrected chi connectivity index (χ0v) is 26.8. The number of ketones is 2. The molecular formula is C22H42K2N2O2-2. The van der Waals surface area contributed by atoms with Crippen LogP contribution in [0.1, 0.15) is 67.2 Å². The van der Waals surface area contributed by atoms with Gasteiger partial charge < -0.3 is 32.5 Å². The first-order valence-corrected chi connectivity index (χ1v) is 9.41. The van der Waals surface area contributed by atoms with Crippen molar-refractivity contribution in [2.75, 3.05) is 27.2 Å². The summed E-state index contributed by atoms with van der Waals surface area (Å²) in [6.07, 6.45) is 4.24. The summed E-state index contributed by atoms with van der Waals surface area (Å²) >= 11 is 0. The molecule has 0 aromatic carbocycles. The van der Waals surface area contributed by atoms with E-state index in [0.717, 1.165) is 50.9 Å². The van der Waals surface area contributed by atoms with Gasteiger partial charge in [-0.3, -0.25) is 13.2 Å². The molecule has 2 aliphatic rings. The molecule has 0 aromatic rings. The van der Waals surface area contributed by atoms with E-state index < -0.39 is 0 Å². The molecule has 0 aliphatic carbocycles. The third-order valence-corrected chi connectivity index (χ3v) is 3.55. The van der Waals surface area contributed by atoms with Crippen molar-refractivity contribution in [1.82, 2.24) is 9.80 Å². The van der Waals surface area contributed by atoms with Gasteiger partial charge in [0, 0.05) is 11.6 Å². The van der Waals surface area contributed by atoms with E-state index in [2.05, 4.69) is 26.3 Å². The van der Waals surface area contributed by atoms with E-state index >= 15 is 0 Å². The number of likely N-dealkylation sites (N-methyl/N-ethyl adjacent to an activating group) is 2. The average Bonchev–Trinajstić information content (AvgIpc) is 3.30. The minimum Gasteiger partial charge on any atom is -0.521 e. The van der Waals surface area contributed by atoms with E-state index in [4.69, 9.17) is 0 Å². The van der Waals surface area contributed by atoms with Gasteiger partial charge in [-0.15, -0.1) is 12.8 Å². The molecule has 0 atom stereocenters. The molecule has 0 amide bonds. The minimum atomic E-state index is 0. The normalized spacial score (nSPS) is 14.1. The van der Waals surface area contributed by atoms with E-state index in [0.29, 0.717) is 0 Å². The van der Waals surface area contributed by atoms with Crippen LogP contribution in [0.15, 0.2) is 13.2 Å². The number of hydrogen-bond acceptors (Lipinski definition) is 4. The molecule has 156 valence electrons. The monoisotopic (exact) mass is 444 g/mol. The molecule has 0 unspecified atom stereocenters. The van der Waals surface area contributed by atoms with Gasteiger partial charge in [0.1, 0.15) is 0 Å². The van der Waals surface area contributed by atoms with Crippen molar-refractivity contribution in [2.45, 2.75) is 67.2 Å². The van der Waals surface area contributed by atoms with Crippen LogP contribution in [0.5, 0.6) is 0 Å². The maximum Gasteiger partial charge on any atom is 1.00 e. The zero-order chi connectivity index (χ0) is 21.7. The SMILES string of the molecule is CC.CC.CC(=O)[C-]1CCCN1C.CC(=O)[C-]1CCCN1C.[CH-]=C.[CH-]=C.[K+].[K+]. The maximum atomic E-state index is 10.8. The summed E-state index contributed by atoms with van der Waals surface area (Å²) < 4.78 is 0. The molecule has 28 heavy (non-hydrogen) atoms. The molecule has 0 saturated carbocycles. The summed E-state index contributed by atoms with van der Waals surface area (Å²) in [5, 5.41) is 0. The van der Waals surface area contributed by atoms with E-state index in [1.54, 1.807) is 13.8 Å². The Morgan fingerprint density at radius 1 is 0.714 bits per heavy atom. The average molecular weight is 445 g/mol. The summed E-state index contributed by atoms with van der Waals surface area (Å²) in [4.78, 5) is 25.6. The zero-order valence-electron chi connectivity index (χ0n) is 20.5. The fourth-order valence-electron chi connectivity index (χ4n) is 2.51. The molecule has 2 fully saturated rings. The Morgan fingerprint density at radius 3 is 1.00 bits per heavy atom. The summed E-state index contributed by atoms with van der Waals surface area (Å²) in [7, 11) is 3.95. The van der Waals surface area contributed by atoms with Crippen LogP contribution in [0.25, 0.3) is 0 Å². The fraction of sp³-hybridized carbons (Fsp3) is 0.636. The third kappa shape index (κ3) is 22.4. The van der Waals surface area contributed by atoms with E-state index in [9.17, 15) is 9.59 Å². The van der Waals surface area contributed by atoms with Crippen LogP contribution in [0, 0.1) is 25.2 Å². The van der Waals surface area contributed by atoms with Gasteiger partial charge >= 0.3 is 103 Å². The first kappa shape index (κ1) is 43.6. The molecule has 4 nitrogen and oxygen atoms in total. The second-order valence-electron chi connectivity index (χ2n) is 5.06. The van der Waals surface area contributed by atoms with Gasteiger partial charge in [-0.25, -0.2) is 12.1 Å². The van der Waals surface area contributed by atoms with Crippen molar-refractivity contribution < 1.29 is 112 Å². The first-order chi connectivity index (χ1) is 12.4. The van der Waals surface area contributed by atoms with Crippen molar-refractivity contribution in [3.8, 4) is 0 Å². The van der Waals surface area contributed by atoms with Crippen LogP contribution >= 0.6 is 0 Å². The number of carbonyl (C=O) groups excluding carboxylic acids is 2. The largest absolute Gasteiger partial charge is 1.00 e. The van der Waals surface area contributed by atoms with Crippen molar-refractivity contribution in [3.05, 3.63) is 38.4 Å². The van der Waals surface area contributed by atoms with E-state index in [1.807, 2.05) is 51.6 Å². The van der Waals surface area contributed by atoms with Gasteiger partial charge in [0.05, 0.1) is 0 Å². The minimum absolute atomic E-state index is 0. The summed E-state index contributed by atoms with van der Waals surface area (Å²) in [6.45, 7) is 27.4. The topological polar surface area (TPSA) is 40.6 Å². The van der Waals surface area contributed by atoms with Gasteiger partial charge in [-0.05, 0) is 41.0 Å². The molecule has 2 aliphatic heterocycles. The van der Waals surface area contributed by atoms with Gasteiger partial charge in [0.2, 0.25) is 0 Å². The molecule has 0 spiro atoms. The van der Waals surface area contributed by atoms with E-state index in [-0.39, 0.29) is 114 Å². The molecule has 0 N–H and O–H groups in total. The summed E-state index contributed by atoms with van der Waals surface area (Å²) in [5.41, 5.74) is 0. The van der Waals surface area contributed by atoms with Crippen LogP contribution < -0.4 is 103 Å². The Bertz CT molecular complexity index is 310. The molecular weight excluding hydrogens is 402 g/mol. The van der Waals surface area contributed by atoms with Gasteiger partial charge in [-0.1, -0.05) is 40.5 Å². The van der Waals surface area contributed by atoms with Gasteiger partial charge in [0.25, 0.3) is 0 Å². The second-order valence-corrected chi connectivity index (χ2v) is 5.06. The van der Waals surface area contributed by atoms with E-state index in [1.165, 1.54) is 0 Å². The van der Waals surface area contributed by atoms with Crippen molar-refractivity contribution in [3.63, 3.8) is 0 Å². The van der Waals surface area contributed by atoms with Gasteiger partial charge in [-0.2, -0.15) is 0 Å². The Hall–Kier alpha value is 1.75. The van der Waals surface area contributed by atoms with Crippen LogP contribution in [0.4, 0.5) is 0 Å². The number of likely N-dealkylation sites (tertiary alicyclic amines) is 2. The Morgan fingerprint density at radius 2 is 0.929 bits per heavy atom. The molecule has 0 aromatic heterocycles. The third-order valence-electron chi connectivity index (χ3n) is 3.55. The number of hydrogen-bond donors (Lipinski definition) is 0. The summed E-state index contributed by atoms with van der Waals surface area (Å²) in [6, 6.07) is 1.99. The van der Waals surface area contributed by atoms with Crippen molar-refractivity contribution in [2.24, 2.45) is 0 Å². The number of rotatable bonds is 2. The van der Waals surface area contributed by atoms with Crippen molar-refractivity contribution >= 4 is 11.6 Å². The molecule has 2 saturated heterocycles. The molecule has 6 heteroatoms. The predicted molar refractivity (Wildman–Crippen MR) is 114 cm³/mol. The standard InChI is InChI=1S/2C7H12NO.2C2H6.2C2H3.2K/c2*1-6(9)7-4-3-5-8(7)2;4*1-2;;/h2*3-5H2,1-2H3;2*1-2H3;2*1H,2H2;;/q2*-1;;;2*-1;2*+1.